The van der Waals surface area contributed by atoms with Crippen molar-refractivity contribution >= 4 is 11.9 Å². The highest BCUT2D eigenvalue weighted by Crippen LogP contribution is 2.36. The van der Waals surface area contributed by atoms with Crippen LogP contribution in [0.5, 0.6) is 0 Å². The van der Waals surface area contributed by atoms with Gasteiger partial charge in [-0.05, 0) is 6.42 Å². The molecule has 0 spiro atoms. The Morgan fingerprint density at radius 1 is 1.31 bits per heavy atom. The number of carboxylic acids is 2. The standard InChI is InChI=1S/C8H12O4.C2H4O2/c9-7(10)3-5-4-12-8-6(5)1-2-11-8;1-2(3)4/h5-6,8H,1-4H2,(H,9,10);1H3,(H,3,4)/t5-,6-,8+;/m1./s1. The van der Waals surface area contributed by atoms with Crippen LogP contribution < -0.4 is 0 Å². The lowest BCUT2D eigenvalue weighted by atomic mass is 9.91. The van der Waals surface area contributed by atoms with Gasteiger partial charge in [-0.25, -0.2) is 0 Å². The van der Waals surface area contributed by atoms with Gasteiger partial charge in [0.1, 0.15) is 0 Å². The van der Waals surface area contributed by atoms with Gasteiger partial charge in [0.25, 0.3) is 5.97 Å². The van der Waals surface area contributed by atoms with Gasteiger partial charge in [0.15, 0.2) is 6.29 Å². The van der Waals surface area contributed by atoms with Crippen molar-refractivity contribution < 1.29 is 29.3 Å². The lowest BCUT2D eigenvalue weighted by Gasteiger charge is -2.11. The molecule has 16 heavy (non-hydrogen) atoms. The second kappa shape index (κ2) is 5.81. The zero-order valence-corrected chi connectivity index (χ0v) is 9.09. The normalized spacial score (nSPS) is 31.4. The average Bonchev–Trinajstić information content (AvgIpc) is 2.67. The molecule has 0 aromatic carbocycles. The molecule has 0 aliphatic carbocycles. The maximum Gasteiger partial charge on any atom is 0.303 e. The first-order valence-corrected chi connectivity index (χ1v) is 5.15. The molecule has 2 aliphatic heterocycles. The molecule has 2 N–H and O–H groups in total. The summed E-state index contributed by atoms with van der Waals surface area (Å²) >= 11 is 0. The van der Waals surface area contributed by atoms with Crippen LogP contribution in [0.25, 0.3) is 0 Å². The summed E-state index contributed by atoms with van der Waals surface area (Å²) in [5.41, 5.74) is 0. The molecule has 0 unspecified atom stereocenters. The van der Waals surface area contributed by atoms with E-state index in [1.807, 2.05) is 0 Å². The van der Waals surface area contributed by atoms with E-state index in [0.29, 0.717) is 19.1 Å². The highest BCUT2D eigenvalue weighted by atomic mass is 16.7. The maximum atomic E-state index is 10.4. The first kappa shape index (κ1) is 12.9. The Labute approximate surface area is 93.2 Å². The fourth-order valence-electron chi connectivity index (χ4n) is 1.99. The predicted octanol–water partition coefficient (Wildman–Crippen LogP) is 0.561. The summed E-state index contributed by atoms with van der Waals surface area (Å²) in [6.45, 7) is 2.34. The van der Waals surface area contributed by atoms with Crippen molar-refractivity contribution in [3.05, 3.63) is 0 Å². The third-order valence-corrected chi connectivity index (χ3v) is 2.60. The van der Waals surface area contributed by atoms with Crippen molar-refractivity contribution in [3.63, 3.8) is 0 Å². The largest absolute Gasteiger partial charge is 0.481 e. The van der Waals surface area contributed by atoms with Gasteiger partial charge < -0.3 is 19.7 Å². The molecule has 2 fully saturated rings. The lowest BCUT2D eigenvalue weighted by Crippen LogP contribution is -2.17. The van der Waals surface area contributed by atoms with Crippen LogP contribution in [0.15, 0.2) is 0 Å². The summed E-state index contributed by atoms with van der Waals surface area (Å²) in [5, 5.41) is 16.0. The minimum Gasteiger partial charge on any atom is -0.481 e. The number of ether oxygens (including phenoxy) is 2. The third kappa shape index (κ3) is 3.79. The van der Waals surface area contributed by atoms with Gasteiger partial charge in [0.2, 0.25) is 0 Å². The van der Waals surface area contributed by atoms with E-state index in [4.69, 9.17) is 24.5 Å². The van der Waals surface area contributed by atoms with E-state index in [-0.39, 0.29) is 18.6 Å². The van der Waals surface area contributed by atoms with E-state index in [0.717, 1.165) is 13.3 Å². The van der Waals surface area contributed by atoms with E-state index in [1.165, 1.54) is 0 Å². The van der Waals surface area contributed by atoms with Crippen LogP contribution in [-0.4, -0.2) is 41.7 Å². The zero-order valence-electron chi connectivity index (χ0n) is 9.09. The van der Waals surface area contributed by atoms with E-state index < -0.39 is 11.9 Å². The molecular weight excluding hydrogens is 216 g/mol. The molecule has 0 amide bonds. The molecule has 0 radical (unpaired) electrons. The fourth-order valence-corrected chi connectivity index (χ4v) is 1.99. The average molecular weight is 232 g/mol. The van der Waals surface area contributed by atoms with E-state index in [1.54, 1.807) is 0 Å². The van der Waals surface area contributed by atoms with Crippen molar-refractivity contribution in [2.24, 2.45) is 11.8 Å². The Morgan fingerprint density at radius 2 is 1.94 bits per heavy atom. The third-order valence-electron chi connectivity index (χ3n) is 2.60. The highest BCUT2D eigenvalue weighted by molar-refractivity contribution is 5.67. The molecule has 2 heterocycles. The van der Waals surface area contributed by atoms with Crippen molar-refractivity contribution in [3.8, 4) is 0 Å². The van der Waals surface area contributed by atoms with Gasteiger partial charge in [0.05, 0.1) is 19.6 Å². The maximum absolute atomic E-state index is 10.4. The molecule has 2 saturated heterocycles. The molecule has 6 nitrogen and oxygen atoms in total. The summed E-state index contributed by atoms with van der Waals surface area (Å²) in [7, 11) is 0. The van der Waals surface area contributed by atoms with Gasteiger partial charge in [-0.3, -0.25) is 9.59 Å². The van der Waals surface area contributed by atoms with Crippen molar-refractivity contribution in [1.29, 1.82) is 0 Å². The minimum absolute atomic E-state index is 0.116. The van der Waals surface area contributed by atoms with Gasteiger partial charge in [-0.15, -0.1) is 0 Å². The number of aliphatic carboxylic acids is 2. The Kier molecular flexibility index (Phi) is 4.70. The quantitative estimate of drug-likeness (QED) is 0.722. The zero-order chi connectivity index (χ0) is 12.1. The number of hydrogen-bond acceptors (Lipinski definition) is 4. The van der Waals surface area contributed by atoms with E-state index in [2.05, 4.69) is 0 Å². The van der Waals surface area contributed by atoms with Crippen LogP contribution in [0.2, 0.25) is 0 Å². The Morgan fingerprint density at radius 3 is 2.50 bits per heavy atom. The Hall–Kier alpha value is -1.14. The van der Waals surface area contributed by atoms with Crippen LogP contribution >= 0.6 is 0 Å². The minimum atomic E-state index is -0.833. The molecule has 3 atom stereocenters. The second-order valence-electron chi connectivity index (χ2n) is 3.90. The SMILES string of the molecule is CC(=O)O.O=C(O)C[C@@H]1CO[C@@H]2OCC[C@H]12. The summed E-state index contributed by atoms with van der Waals surface area (Å²) in [4.78, 5) is 19.4. The molecule has 0 bridgehead atoms. The Bertz CT molecular complexity index is 260. The van der Waals surface area contributed by atoms with Gasteiger partial charge in [-0.1, -0.05) is 0 Å². The van der Waals surface area contributed by atoms with Crippen LogP contribution in [0, 0.1) is 11.8 Å². The van der Waals surface area contributed by atoms with Crippen LogP contribution in [-0.2, 0) is 19.1 Å². The van der Waals surface area contributed by atoms with Gasteiger partial charge >= 0.3 is 5.97 Å². The lowest BCUT2D eigenvalue weighted by molar-refractivity contribution is -0.138. The van der Waals surface area contributed by atoms with Crippen molar-refractivity contribution in [1.82, 2.24) is 0 Å². The number of carboxylic acid groups (broad SMARTS) is 2. The van der Waals surface area contributed by atoms with Gasteiger partial charge in [0, 0.05) is 18.8 Å². The summed E-state index contributed by atoms with van der Waals surface area (Å²) in [5.74, 6) is -1.09. The highest BCUT2D eigenvalue weighted by Gasteiger charge is 2.42. The number of rotatable bonds is 2. The van der Waals surface area contributed by atoms with E-state index >= 15 is 0 Å². The molecular formula is C10H16O6. The number of carbonyl (C=O) groups is 2. The molecule has 0 aromatic rings. The number of hydrogen-bond donors (Lipinski definition) is 2. The predicted molar refractivity (Wildman–Crippen MR) is 52.9 cm³/mol. The molecule has 0 aromatic heterocycles. The number of fused-ring (bicyclic) bond motifs is 1. The fraction of sp³-hybridized carbons (Fsp3) is 0.800. The van der Waals surface area contributed by atoms with Gasteiger partial charge in [-0.2, -0.15) is 0 Å². The molecule has 2 rings (SSSR count). The second-order valence-corrected chi connectivity index (χ2v) is 3.90. The van der Waals surface area contributed by atoms with Crippen molar-refractivity contribution in [2.45, 2.75) is 26.1 Å². The summed E-state index contributed by atoms with van der Waals surface area (Å²) < 4.78 is 10.6. The Balaban J connectivity index is 0.000000280. The van der Waals surface area contributed by atoms with Crippen molar-refractivity contribution in [2.75, 3.05) is 13.2 Å². The van der Waals surface area contributed by atoms with Crippen LogP contribution in [0.1, 0.15) is 19.8 Å². The first-order valence-electron chi connectivity index (χ1n) is 5.15. The topological polar surface area (TPSA) is 93.1 Å². The van der Waals surface area contributed by atoms with Crippen LogP contribution in [0.3, 0.4) is 0 Å². The summed E-state index contributed by atoms with van der Waals surface area (Å²) in [6.07, 6.45) is 1.04. The monoisotopic (exact) mass is 232 g/mol. The molecule has 92 valence electrons. The smallest absolute Gasteiger partial charge is 0.303 e. The molecule has 0 saturated carbocycles. The first-order chi connectivity index (χ1) is 7.50. The van der Waals surface area contributed by atoms with E-state index in [9.17, 15) is 4.79 Å². The summed E-state index contributed by atoms with van der Waals surface area (Å²) in [6, 6.07) is 0. The molecule has 2 aliphatic rings. The van der Waals surface area contributed by atoms with Crippen LogP contribution in [0.4, 0.5) is 0 Å². The molecule has 6 heteroatoms.